The molecule has 0 radical (unpaired) electrons. The van der Waals surface area contributed by atoms with Crippen molar-refractivity contribution in [3.8, 4) is 0 Å². The topological polar surface area (TPSA) is 40.5 Å². The van der Waals surface area contributed by atoms with Gasteiger partial charge in [0.1, 0.15) is 5.82 Å². The van der Waals surface area contributed by atoms with E-state index >= 15 is 0 Å². The Labute approximate surface area is 106 Å². The molecule has 1 fully saturated rings. The predicted octanol–water partition coefficient (Wildman–Crippen LogP) is 2.91. The van der Waals surface area contributed by atoms with Crippen LogP contribution in [0, 0.1) is 11.7 Å². The Morgan fingerprint density at radius 2 is 2.22 bits per heavy atom. The van der Waals surface area contributed by atoms with Gasteiger partial charge in [0.2, 0.25) is 0 Å². The van der Waals surface area contributed by atoms with Crippen molar-refractivity contribution in [1.82, 2.24) is 0 Å². The van der Waals surface area contributed by atoms with Gasteiger partial charge in [-0.1, -0.05) is 12.1 Å². The van der Waals surface area contributed by atoms with E-state index in [1.807, 2.05) is 11.0 Å². The Morgan fingerprint density at radius 3 is 2.94 bits per heavy atom. The minimum Gasteiger partial charge on any atom is -0.481 e. The summed E-state index contributed by atoms with van der Waals surface area (Å²) in [6.45, 7) is 1.61. The van der Waals surface area contributed by atoms with Crippen molar-refractivity contribution in [3.05, 3.63) is 30.1 Å². The maximum absolute atomic E-state index is 13.7. The molecule has 0 amide bonds. The molecule has 1 saturated heterocycles. The van der Waals surface area contributed by atoms with Crippen LogP contribution in [0.15, 0.2) is 24.3 Å². The first-order chi connectivity index (χ1) is 8.66. The van der Waals surface area contributed by atoms with Crippen LogP contribution in [0.3, 0.4) is 0 Å². The molecule has 1 N–H and O–H groups in total. The molecule has 2 rings (SSSR count). The average molecular weight is 251 g/mol. The number of rotatable bonds is 4. The lowest BCUT2D eigenvalue weighted by Gasteiger charge is -2.34. The van der Waals surface area contributed by atoms with Gasteiger partial charge in [-0.3, -0.25) is 4.79 Å². The average Bonchev–Trinajstić information content (AvgIpc) is 2.37. The van der Waals surface area contributed by atoms with Crippen LogP contribution in [-0.4, -0.2) is 24.2 Å². The highest BCUT2D eigenvalue weighted by molar-refractivity contribution is 5.66. The molecular weight excluding hydrogens is 233 g/mol. The fourth-order valence-electron chi connectivity index (χ4n) is 2.56. The van der Waals surface area contributed by atoms with E-state index in [-0.39, 0.29) is 12.2 Å². The van der Waals surface area contributed by atoms with Crippen LogP contribution in [0.5, 0.6) is 0 Å². The number of carbonyl (C=O) groups is 1. The first kappa shape index (κ1) is 12.9. The van der Waals surface area contributed by atoms with E-state index in [1.54, 1.807) is 12.1 Å². The minimum absolute atomic E-state index is 0.198. The van der Waals surface area contributed by atoms with Gasteiger partial charge in [-0.05, 0) is 37.3 Å². The van der Waals surface area contributed by atoms with Crippen LogP contribution in [0.4, 0.5) is 10.1 Å². The molecule has 1 heterocycles. The van der Waals surface area contributed by atoms with E-state index in [1.165, 1.54) is 6.07 Å². The first-order valence-electron chi connectivity index (χ1n) is 6.38. The molecule has 3 nitrogen and oxygen atoms in total. The van der Waals surface area contributed by atoms with Crippen molar-refractivity contribution in [1.29, 1.82) is 0 Å². The number of aliphatic carboxylic acids is 1. The van der Waals surface area contributed by atoms with Gasteiger partial charge in [0.25, 0.3) is 0 Å². The van der Waals surface area contributed by atoms with Gasteiger partial charge in [-0.2, -0.15) is 0 Å². The number of benzene rings is 1. The minimum atomic E-state index is -0.752. The normalized spacial score (nSPS) is 19.8. The zero-order valence-electron chi connectivity index (χ0n) is 10.3. The lowest BCUT2D eigenvalue weighted by molar-refractivity contribution is -0.137. The summed E-state index contributed by atoms with van der Waals surface area (Å²) in [7, 11) is 0. The second-order valence-electron chi connectivity index (χ2n) is 4.84. The summed E-state index contributed by atoms with van der Waals surface area (Å²) in [5.41, 5.74) is 0.637. The van der Waals surface area contributed by atoms with Crippen LogP contribution >= 0.6 is 0 Å². The number of halogens is 1. The van der Waals surface area contributed by atoms with Crippen molar-refractivity contribution >= 4 is 11.7 Å². The van der Waals surface area contributed by atoms with Gasteiger partial charge in [0.05, 0.1) is 5.69 Å². The molecule has 4 heteroatoms. The fraction of sp³-hybridized carbons (Fsp3) is 0.500. The lowest BCUT2D eigenvalue weighted by atomic mass is 9.93. The van der Waals surface area contributed by atoms with Gasteiger partial charge in [0.15, 0.2) is 0 Å². The van der Waals surface area contributed by atoms with Crippen LogP contribution in [-0.2, 0) is 4.79 Å². The Morgan fingerprint density at radius 1 is 1.44 bits per heavy atom. The Kier molecular flexibility index (Phi) is 4.18. The second kappa shape index (κ2) is 5.85. The molecule has 1 atom stereocenters. The van der Waals surface area contributed by atoms with Gasteiger partial charge < -0.3 is 10.0 Å². The third-order valence-electron chi connectivity index (χ3n) is 3.48. The van der Waals surface area contributed by atoms with Crippen molar-refractivity contribution in [2.45, 2.75) is 25.7 Å². The van der Waals surface area contributed by atoms with E-state index in [9.17, 15) is 9.18 Å². The van der Waals surface area contributed by atoms with E-state index in [0.717, 1.165) is 25.9 Å². The smallest absolute Gasteiger partial charge is 0.303 e. The molecule has 0 aliphatic carbocycles. The number of para-hydroxylation sites is 1. The number of carboxylic acid groups (broad SMARTS) is 1. The number of hydrogen-bond donors (Lipinski definition) is 1. The molecule has 1 unspecified atom stereocenters. The predicted molar refractivity (Wildman–Crippen MR) is 68.2 cm³/mol. The first-order valence-corrected chi connectivity index (χ1v) is 6.38. The fourth-order valence-corrected chi connectivity index (χ4v) is 2.56. The molecular formula is C14H18FNO2. The number of hydrogen-bond acceptors (Lipinski definition) is 2. The molecule has 1 aliphatic heterocycles. The summed E-state index contributed by atoms with van der Waals surface area (Å²) in [5, 5.41) is 8.70. The summed E-state index contributed by atoms with van der Waals surface area (Å²) in [6, 6.07) is 6.77. The third kappa shape index (κ3) is 3.22. The van der Waals surface area contributed by atoms with Gasteiger partial charge >= 0.3 is 5.97 Å². The molecule has 0 spiro atoms. The summed E-state index contributed by atoms with van der Waals surface area (Å²) >= 11 is 0. The zero-order chi connectivity index (χ0) is 13.0. The summed E-state index contributed by atoms with van der Waals surface area (Å²) in [5.74, 6) is -0.594. The van der Waals surface area contributed by atoms with Gasteiger partial charge in [-0.15, -0.1) is 0 Å². The van der Waals surface area contributed by atoms with E-state index < -0.39 is 5.97 Å². The molecule has 1 aromatic rings. The van der Waals surface area contributed by atoms with Crippen LogP contribution in [0.1, 0.15) is 25.7 Å². The van der Waals surface area contributed by atoms with Crippen molar-refractivity contribution in [2.24, 2.45) is 5.92 Å². The molecule has 0 bridgehead atoms. The Balaban J connectivity index is 1.98. The standard InChI is InChI=1S/C14H18FNO2/c15-12-5-1-2-6-13(12)16-9-3-4-11(10-16)7-8-14(17)18/h1-2,5-6,11H,3-4,7-10H2,(H,17,18). The van der Waals surface area contributed by atoms with Gasteiger partial charge in [0, 0.05) is 19.5 Å². The highest BCUT2D eigenvalue weighted by atomic mass is 19.1. The maximum atomic E-state index is 13.7. The van der Waals surface area contributed by atoms with Crippen molar-refractivity contribution in [3.63, 3.8) is 0 Å². The molecule has 0 aromatic heterocycles. The number of carboxylic acids is 1. The number of piperidine rings is 1. The zero-order valence-corrected chi connectivity index (χ0v) is 10.3. The van der Waals surface area contributed by atoms with Crippen LogP contribution in [0.25, 0.3) is 0 Å². The molecule has 1 aliphatic rings. The monoisotopic (exact) mass is 251 g/mol. The number of nitrogens with zero attached hydrogens (tertiary/aromatic N) is 1. The Bertz CT molecular complexity index is 422. The molecule has 18 heavy (non-hydrogen) atoms. The number of anilines is 1. The summed E-state index contributed by atoms with van der Waals surface area (Å²) in [4.78, 5) is 12.6. The second-order valence-corrected chi connectivity index (χ2v) is 4.84. The molecule has 98 valence electrons. The van der Waals surface area contributed by atoms with Gasteiger partial charge in [-0.25, -0.2) is 4.39 Å². The maximum Gasteiger partial charge on any atom is 0.303 e. The van der Waals surface area contributed by atoms with E-state index in [0.29, 0.717) is 18.0 Å². The summed E-state index contributed by atoms with van der Waals surface area (Å²) < 4.78 is 13.7. The van der Waals surface area contributed by atoms with Crippen molar-refractivity contribution < 1.29 is 14.3 Å². The highest BCUT2D eigenvalue weighted by Crippen LogP contribution is 2.27. The molecule has 0 saturated carbocycles. The summed E-state index contributed by atoms with van der Waals surface area (Å²) in [6.07, 6.45) is 2.92. The van der Waals surface area contributed by atoms with Crippen molar-refractivity contribution in [2.75, 3.05) is 18.0 Å². The van der Waals surface area contributed by atoms with E-state index in [4.69, 9.17) is 5.11 Å². The van der Waals surface area contributed by atoms with E-state index in [2.05, 4.69) is 0 Å². The largest absolute Gasteiger partial charge is 0.481 e. The third-order valence-corrected chi connectivity index (χ3v) is 3.48. The van der Waals surface area contributed by atoms with Crippen LogP contribution in [0.2, 0.25) is 0 Å². The molecule has 1 aromatic carbocycles. The van der Waals surface area contributed by atoms with Crippen LogP contribution < -0.4 is 4.90 Å². The highest BCUT2D eigenvalue weighted by Gasteiger charge is 2.22. The lowest BCUT2D eigenvalue weighted by Crippen LogP contribution is -2.36. The quantitative estimate of drug-likeness (QED) is 0.894. The SMILES string of the molecule is O=C(O)CCC1CCCN(c2ccccc2F)C1. The Hall–Kier alpha value is -1.58.